The lowest BCUT2D eigenvalue weighted by molar-refractivity contribution is 0.720. The molecule has 0 fully saturated rings. The summed E-state index contributed by atoms with van der Waals surface area (Å²) < 4.78 is 3.36. The molecule has 0 N–H and O–H groups in total. The van der Waals surface area contributed by atoms with Gasteiger partial charge in [-0.15, -0.1) is 16.4 Å². The first-order valence-corrected chi connectivity index (χ1v) is 10.6. The van der Waals surface area contributed by atoms with E-state index < -0.39 is 0 Å². The van der Waals surface area contributed by atoms with Crippen LogP contribution in [-0.2, 0) is 19.4 Å². The Hall–Kier alpha value is -3.25. The van der Waals surface area contributed by atoms with Crippen molar-refractivity contribution in [3.63, 3.8) is 0 Å². The Morgan fingerprint density at radius 2 is 1.72 bits per heavy atom. The maximum absolute atomic E-state index is 13.4. The lowest BCUT2D eigenvalue weighted by atomic mass is 10.2. The van der Waals surface area contributed by atoms with Crippen LogP contribution in [0, 0.1) is 0 Å². The zero-order chi connectivity index (χ0) is 19.4. The van der Waals surface area contributed by atoms with Crippen LogP contribution in [0.4, 0.5) is 0 Å². The van der Waals surface area contributed by atoms with Crippen molar-refractivity contribution in [3.8, 4) is 11.4 Å². The number of nitrogens with zero attached hydrogens (tertiary/aromatic N) is 4. The molecular weight excluding hydrogens is 380 g/mol. The van der Waals surface area contributed by atoms with Gasteiger partial charge in [0.05, 0.1) is 11.9 Å². The predicted octanol–water partition coefficient (Wildman–Crippen LogP) is 4.31. The molecule has 142 valence electrons. The van der Waals surface area contributed by atoms with Crippen LogP contribution in [0.15, 0.2) is 65.5 Å². The van der Waals surface area contributed by atoms with Crippen LogP contribution in [0.1, 0.15) is 22.4 Å². The number of benzene rings is 2. The minimum atomic E-state index is -0.133. The molecule has 5 nitrogen and oxygen atoms in total. The second-order valence-corrected chi connectivity index (χ2v) is 8.51. The van der Waals surface area contributed by atoms with Crippen molar-refractivity contribution in [1.29, 1.82) is 0 Å². The standard InChI is InChI=1S/C23H18N4OS/c28-23-26(14-15-8-3-1-4-9-15)22-19(17-12-7-13-18(17)29-22)21-24-20(25-27(21)23)16-10-5-2-6-11-16/h1-6,8-11H,7,12-14H2. The van der Waals surface area contributed by atoms with E-state index in [9.17, 15) is 4.79 Å². The minimum Gasteiger partial charge on any atom is -0.278 e. The zero-order valence-corrected chi connectivity index (χ0v) is 16.5. The molecule has 3 heterocycles. The molecule has 0 amide bonds. The molecule has 6 heteroatoms. The molecule has 2 aromatic carbocycles. The Bertz CT molecular complexity index is 1410. The lowest BCUT2D eigenvalue weighted by Crippen LogP contribution is -2.28. The number of thiophene rings is 1. The first kappa shape index (κ1) is 16.7. The largest absolute Gasteiger partial charge is 0.352 e. The summed E-state index contributed by atoms with van der Waals surface area (Å²) in [6, 6.07) is 20.0. The van der Waals surface area contributed by atoms with Crippen LogP contribution < -0.4 is 5.69 Å². The summed E-state index contributed by atoms with van der Waals surface area (Å²) in [4.78, 5) is 20.7. The van der Waals surface area contributed by atoms with Crippen LogP contribution in [0.2, 0.25) is 0 Å². The number of aromatic nitrogens is 4. The fourth-order valence-electron chi connectivity index (χ4n) is 4.23. The predicted molar refractivity (Wildman–Crippen MR) is 116 cm³/mol. The second-order valence-electron chi connectivity index (χ2n) is 7.43. The molecule has 5 aromatic rings. The highest BCUT2D eigenvalue weighted by molar-refractivity contribution is 7.19. The van der Waals surface area contributed by atoms with Crippen LogP contribution in [0.3, 0.4) is 0 Å². The van der Waals surface area contributed by atoms with Gasteiger partial charge in [0.15, 0.2) is 11.5 Å². The molecule has 0 aliphatic heterocycles. The van der Waals surface area contributed by atoms with Crippen LogP contribution >= 0.6 is 11.3 Å². The molecule has 29 heavy (non-hydrogen) atoms. The molecule has 3 aromatic heterocycles. The first-order valence-electron chi connectivity index (χ1n) is 9.83. The summed E-state index contributed by atoms with van der Waals surface area (Å²) in [5, 5.41) is 5.72. The van der Waals surface area contributed by atoms with Crippen molar-refractivity contribution < 1.29 is 0 Å². The van der Waals surface area contributed by atoms with Crippen LogP contribution in [0.25, 0.3) is 27.3 Å². The van der Waals surface area contributed by atoms with E-state index in [0.29, 0.717) is 18.0 Å². The van der Waals surface area contributed by atoms with Gasteiger partial charge in [0.25, 0.3) is 0 Å². The van der Waals surface area contributed by atoms with Crippen LogP contribution in [-0.4, -0.2) is 19.2 Å². The van der Waals surface area contributed by atoms with Gasteiger partial charge in [-0.25, -0.2) is 9.78 Å². The highest BCUT2D eigenvalue weighted by Crippen LogP contribution is 2.38. The summed E-state index contributed by atoms with van der Waals surface area (Å²) in [7, 11) is 0. The number of hydrogen-bond donors (Lipinski definition) is 0. The third kappa shape index (κ3) is 2.56. The lowest BCUT2D eigenvalue weighted by Gasteiger charge is -2.09. The molecule has 0 bridgehead atoms. The summed E-state index contributed by atoms with van der Waals surface area (Å²) in [5.41, 5.74) is 3.93. The van der Waals surface area contributed by atoms with Crippen molar-refractivity contribution in [2.75, 3.05) is 0 Å². The topological polar surface area (TPSA) is 52.2 Å². The van der Waals surface area contributed by atoms with E-state index in [1.54, 1.807) is 11.3 Å². The molecule has 1 aliphatic rings. The Kier molecular flexibility index (Phi) is 3.67. The monoisotopic (exact) mass is 398 g/mol. The minimum absolute atomic E-state index is 0.133. The molecule has 0 atom stereocenters. The quantitative estimate of drug-likeness (QED) is 0.455. The molecule has 0 radical (unpaired) electrons. The summed E-state index contributed by atoms with van der Waals surface area (Å²) in [6.45, 7) is 0.534. The van der Waals surface area contributed by atoms with Gasteiger partial charge in [-0.2, -0.15) is 4.52 Å². The Balaban J connectivity index is 1.67. The fraction of sp³-hybridized carbons (Fsp3) is 0.174. The average Bonchev–Trinajstić information content (AvgIpc) is 3.47. The van der Waals surface area contributed by atoms with E-state index in [2.05, 4.69) is 17.2 Å². The van der Waals surface area contributed by atoms with E-state index in [-0.39, 0.29) is 5.69 Å². The molecule has 1 aliphatic carbocycles. The third-order valence-electron chi connectivity index (χ3n) is 5.61. The van der Waals surface area contributed by atoms with Gasteiger partial charge >= 0.3 is 5.69 Å². The van der Waals surface area contributed by atoms with E-state index >= 15 is 0 Å². The Morgan fingerprint density at radius 1 is 0.966 bits per heavy atom. The van der Waals surface area contributed by atoms with Crippen molar-refractivity contribution in [3.05, 3.63) is 87.2 Å². The maximum atomic E-state index is 13.4. The summed E-state index contributed by atoms with van der Waals surface area (Å²) in [6.07, 6.45) is 3.29. The summed E-state index contributed by atoms with van der Waals surface area (Å²) in [5.74, 6) is 0.597. The maximum Gasteiger partial charge on any atom is 0.352 e. The van der Waals surface area contributed by atoms with Gasteiger partial charge in [-0.05, 0) is 30.4 Å². The summed E-state index contributed by atoms with van der Waals surface area (Å²) >= 11 is 1.75. The van der Waals surface area contributed by atoms with Gasteiger partial charge in [0, 0.05) is 10.4 Å². The Morgan fingerprint density at radius 3 is 2.52 bits per heavy atom. The van der Waals surface area contributed by atoms with Crippen molar-refractivity contribution in [2.45, 2.75) is 25.8 Å². The Labute approximate surface area is 170 Å². The fourth-order valence-corrected chi connectivity index (χ4v) is 5.61. The number of rotatable bonds is 3. The van der Waals surface area contributed by atoms with Gasteiger partial charge < -0.3 is 0 Å². The zero-order valence-electron chi connectivity index (χ0n) is 15.7. The molecule has 0 spiro atoms. The smallest absolute Gasteiger partial charge is 0.278 e. The van der Waals surface area contributed by atoms with Crippen molar-refractivity contribution in [2.24, 2.45) is 0 Å². The van der Waals surface area contributed by atoms with Gasteiger partial charge in [0.2, 0.25) is 0 Å². The third-order valence-corrected chi connectivity index (χ3v) is 6.92. The number of hydrogen-bond acceptors (Lipinski definition) is 4. The number of aryl methyl sites for hydroxylation is 2. The molecular formula is C23H18N4OS. The number of fused-ring (bicyclic) bond motifs is 5. The van der Waals surface area contributed by atoms with E-state index in [1.807, 2.05) is 53.1 Å². The average molecular weight is 398 g/mol. The second kappa shape index (κ2) is 6.39. The van der Waals surface area contributed by atoms with E-state index in [4.69, 9.17) is 4.98 Å². The molecule has 0 saturated heterocycles. The first-order chi connectivity index (χ1) is 14.3. The molecule has 0 saturated carbocycles. The van der Waals surface area contributed by atoms with Crippen LogP contribution in [0.5, 0.6) is 0 Å². The normalized spacial score (nSPS) is 13.4. The molecule has 0 unspecified atom stereocenters. The SMILES string of the molecule is O=c1n(Cc2ccccc2)c2sc3c(c2c2nc(-c4ccccc4)nn12)CCC3. The van der Waals surface area contributed by atoms with Gasteiger partial charge in [0.1, 0.15) is 4.83 Å². The van der Waals surface area contributed by atoms with Crippen molar-refractivity contribution >= 4 is 27.2 Å². The van der Waals surface area contributed by atoms with Gasteiger partial charge in [-0.3, -0.25) is 4.57 Å². The van der Waals surface area contributed by atoms with Crippen molar-refractivity contribution in [1.82, 2.24) is 19.2 Å². The van der Waals surface area contributed by atoms with E-state index in [0.717, 1.165) is 34.2 Å². The van der Waals surface area contributed by atoms with Gasteiger partial charge in [-0.1, -0.05) is 60.7 Å². The highest BCUT2D eigenvalue weighted by Gasteiger charge is 2.25. The molecule has 6 rings (SSSR count). The van der Waals surface area contributed by atoms with E-state index in [1.165, 1.54) is 21.4 Å². The highest BCUT2D eigenvalue weighted by atomic mass is 32.1.